The summed E-state index contributed by atoms with van der Waals surface area (Å²) in [7, 11) is 0. The number of nitrogens with one attached hydrogen (secondary N) is 2. The van der Waals surface area contributed by atoms with Crippen molar-refractivity contribution in [3.05, 3.63) is 12.3 Å². The Morgan fingerprint density at radius 3 is 2.92 bits per heavy atom. The van der Waals surface area contributed by atoms with Gasteiger partial charge in [-0.25, -0.2) is 0 Å². The van der Waals surface area contributed by atoms with Gasteiger partial charge in [0.05, 0.1) is 25.9 Å². The summed E-state index contributed by atoms with van der Waals surface area (Å²) in [5.41, 5.74) is 0. The highest BCUT2D eigenvalue weighted by atomic mass is 16.5. The summed E-state index contributed by atoms with van der Waals surface area (Å²) < 4.78 is 12.2. The molecule has 2 aliphatic rings. The summed E-state index contributed by atoms with van der Waals surface area (Å²) in [5, 5.41) is 10.1. The Labute approximate surface area is 140 Å². The van der Waals surface area contributed by atoms with Crippen molar-refractivity contribution in [2.45, 2.75) is 25.6 Å². The molecule has 2 amide bonds. The number of ether oxygens (including phenoxy) is 2. The van der Waals surface area contributed by atoms with E-state index in [1.807, 2.05) is 6.92 Å². The van der Waals surface area contributed by atoms with Gasteiger partial charge in [-0.2, -0.15) is 5.10 Å². The van der Waals surface area contributed by atoms with E-state index in [1.54, 1.807) is 17.2 Å². The summed E-state index contributed by atoms with van der Waals surface area (Å²) in [6.07, 6.45) is 1.49. The van der Waals surface area contributed by atoms with Gasteiger partial charge in [0.25, 0.3) is 0 Å². The Kier molecular flexibility index (Phi) is 5.44. The summed E-state index contributed by atoms with van der Waals surface area (Å²) in [4.78, 5) is 26.2. The quantitative estimate of drug-likeness (QED) is 0.736. The van der Waals surface area contributed by atoms with E-state index in [2.05, 4.69) is 15.7 Å². The molecule has 0 aliphatic carbocycles. The van der Waals surface area contributed by atoms with Gasteiger partial charge in [-0.3, -0.25) is 14.3 Å². The third-order valence-corrected chi connectivity index (χ3v) is 4.15. The molecule has 0 unspecified atom stereocenters. The molecule has 2 fully saturated rings. The van der Waals surface area contributed by atoms with E-state index in [0.29, 0.717) is 45.3 Å². The second kappa shape index (κ2) is 7.73. The van der Waals surface area contributed by atoms with Crippen molar-refractivity contribution in [2.24, 2.45) is 0 Å². The van der Waals surface area contributed by atoms with Gasteiger partial charge in [-0.1, -0.05) is 0 Å². The SMILES string of the molecule is C[C@H]1OCCN[C@@H]1C(=O)Nc1ccn(CC(=O)N2CCOCC2)n1. The van der Waals surface area contributed by atoms with Crippen LogP contribution in [-0.4, -0.2) is 78.1 Å². The third kappa shape index (κ3) is 4.11. The van der Waals surface area contributed by atoms with Gasteiger partial charge in [0.1, 0.15) is 12.6 Å². The lowest BCUT2D eigenvalue weighted by molar-refractivity contribution is -0.136. The van der Waals surface area contributed by atoms with Gasteiger partial charge in [0.2, 0.25) is 11.8 Å². The molecule has 2 aliphatic heterocycles. The Hall–Kier alpha value is -1.97. The lowest BCUT2D eigenvalue weighted by Crippen LogP contribution is -2.53. The number of anilines is 1. The van der Waals surface area contributed by atoms with E-state index >= 15 is 0 Å². The van der Waals surface area contributed by atoms with Crippen LogP contribution in [0.4, 0.5) is 5.82 Å². The second-order valence-electron chi connectivity index (χ2n) is 5.89. The average molecular weight is 337 g/mol. The van der Waals surface area contributed by atoms with Crippen molar-refractivity contribution in [3.63, 3.8) is 0 Å². The minimum absolute atomic E-state index is 0.00440. The van der Waals surface area contributed by atoms with E-state index in [1.165, 1.54) is 4.68 Å². The molecule has 9 heteroatoms. The lowest BCUT2D eigenvalue weighted by atomic mass is 10.1. The van der Waals surface area contributed by atoms with Gasteiger partial charge < -0.3 is 25.0 Å². The summed E-state index contributed by atoms with van der Waals surface area (Å²) in [6, 6.07) is 1.28. The molecule has 0 saturated carbocycles. The van der Waals surface area contributed by atoms with Crippen LogP contribution in [0.25, 0.3) is 0 Å². The highest BCUT2D eigenvalue weighted by molar-refractivity contribution is 5.94. The maximum atomic E-state index is 12.3. The molecule has 0 spiro atoms. The number of carbonyl (C=O) groups is 2. The first kappa shape index (κ1) is 16.9. The van der Waals surface area contributed by atoms with E-state index < -0.39 is 6.04 Å². The van der Waals surface area contributed by atoms with Crippen LogP contribution in [0.2, 0.25) is 0 Å². The highest BCUT2D eigenvalue weighted by Gasteiger charge is 2.28. The second-order valence-corrected chi connectivity index (χ2v) is 5.89. The normalized spacial score (nSPS) is 24.6. The fourth-order valence-corrected chi connectivity index (χ4v) is 2.80. The van der Waals surface area contributed by atoms with Gasteiger partial charge in [-0.15, -0.1) is 0 Å². The Morgan fingerprint density at radius 2 is 2.17 bits per heavy atom. The summed E-state index contributed by atoms with van der Waals surface area (Å²) >= 11 is 0. The van der Waals surface area contributed by atoms with Crippen molar-refractivity contribution >= 4 is 17.6 Å². The van der Waals surface area contributed by atoms with Crippen molar-refractivity contribution < 1.29 is 19.1 Å². The van der Waals surface area contributed by atoms with Crippen LogP contribution in [0.3, 0.4) is 0 Å². The van der Waals surface area contributed by atoms with Crippen LogP contribution < -0.4 is 10.6 Å². The van der Waals surface area contributed by atoms with Gasteiger partial charge >= 0.3 is 0 Å². The first-order chi connectivity index (χ1) is 11.6. The molecule has 9 nitrogen and oxygen atoms in total. The van der Waals surface area contributed by atoms with Crippen LogP contribution in [-0.2, 0) is 25.6 Å². The zero-order valence-electron chi connectivity index (χ0n) is 13.7. The van der Waals surface area contributed by atoms with Crippen LogP contribution in [0.1, 0.15) is 6.92 Å². The van der Waals surface area contributed by atoms with Crippen molar-refractivity contribution in [1.29, 1.82) is 0 Å². The number of nitrogens with zero attached hydrogens (tertiary/aromatic N) is 3. The fourth-order valence-electron chi connectivity index (χ4n) is 2.80. The Balaban J connectivity index is 1.53. The molecule has 3 heterocycles. The maximum absolute atomic E-state index is 12.3. The predicted molar refractivity (Wildman–Crippen MR) is 85.5 cm³/mol. The van der Waals surface area contributed by atoms with Crippen molar-refractivity contribution in [3.8, 4) is 0 Å². The first-order valence-corrected chi connectivity index (χ1v) is 8.18. The van der Waals surface area contributed by atoms with Gasteiger partial charge in [-0.05, 0) is 6.92 Å². The highest BCUT2D eigenvalue weighted by Crippen LogP contribution is 2.09. The molecule has 24 heavy (non-hydrogen) atoms. The number of amides is 2. The molecule has 132 valence electrons. The van der Waals surface area contributed by atoms with Crippen molar-refractivity contribution in [2.75, 3.05) is 44.8 Å². The summed E-state index contributed by atoms with van der Waals surface area (Å²) in [5.74, 6) is 0.233. The number of morpholine rings is 2. The smallest absolute Gasteiger partial charge is 0.245 e. The number of rotatable bonds is 4. The number of carbonyl (C=O) groups excluding carboxylic acids is 2. The van der Waals surface area contributed by atoms with E-state index in [4.69, 9.17) is 9.47 Å². The molecular weight excluding hydrogens is 314 g/mol. The lowest BCUT2D eigenvalue weighted by Gasteiger charge is -2.28. The van der Waals surface area contributed by atoms with Crippen LogP contribution in [0, 0.1) is 0 Å². The monoisotopic (exact) mass is 337 g/mol. The van der Waals surface area contributed by atoms with Gasteiger partial charge in [0, 0.05) is 31.9 Å². The molecule has 1 aromatic rings. The Morgan fingerprint density at radius 1 is 1.38 bits per heavy atom. The zero-order valence-corrected chi connectivity index (χ0v) is 13.7. The van der Waals surface area contributed by atoms with Crippen LogP contribution >= 0.6 is 0 Å². The molecule has 2 N–H and O–H groups in total. The van der Waals surface area contributed by atoms with E-state index in [9.17, 15) is 9.59 Å². The number of aromatic nitrogens is 2. The fraction of sp³-hybridized carbons (Fsp3) is 0.667. The minimum atomic E-state index is -0.404. The molecule has 0 bridgehead atoms. The summed E-state index contributed by atoms with van der Waals surface area (Å²) in [6.45, 7) is 5.60. The average Bonchev–Trinajstić information content (AvgIpc) is 3.02. The van der Waals surface area contributed by atoms with Gasteiger partial charge in [0.15, 0.2) is 5.82 Å². The third-order valence-electron chi connectivity index (χ3n) is 4.15. The number of hydrogen-bond donors (Lipinski definition) is 2. The molecule has 3 rings (SSSR count). The molecular formula is C15H23N5O4. The minimum Gasteiger partial charge on any atom is -0.378 e. The topological polar surface area (TPSA) is 97.7 Å². The molecule has 0 radical (unpaired) electrons. The zero-order chi connectivity index (χ0) is 16.9. The number of hydrogen-bond acceptors (Lipinski definition) is 6. The van der Waals surface area contributed by atoms with E-state index in [0.717, 1.165) is 0 Å². The molecule has 1 aromatic heterocycles. The largest absolute Gasteiger partial charge is 0.378 e. The van der Waals surface area contributed by atoms with E-state index in [-0.39, 0.29) is 24.5 Å². The first-order valence-electron chi connectivity index (χ1n) is 8.18. The predicted octanol–water partition coefficient (Wildman–Crippen LogP) is -0.943. The standard InChI is InChI=1S/C15H23N5O4/c1-11-14(16-3-7-24-11)15(22)17-12-2-4-20(18-12)10-13(21)19-5-8-23-9-6-19/h2,4,11,14,16H,3,5-10H2,1H3,(H,17,18,22)/t11-,14+/m1/s1. The Bertz CT molecular complexity index is 584. The molecule has 0 aromatic carbocycles. The molecule has 2 atom stereocenters. The van der Waals surface area contributed by atoms with Crippen LogP contribution in [0.5, 0.6) is 0 Å². The van der Waals surface area contributed by atoms with Crippen LogP contribution in [0.15, 0.2) is 12.3 Å². The maximum Gasteiger partial charge on any atom is 0.245 e. The van der Waals surface area contributed by atoms with Crippen molar-refractivity contribution in [1.82, 2.24) is 20.0 Å². The molecule has 2 saturated heterocycles.